The van der Waals surface area contributed by atoms with Crippen molar-refractivity contribution in [2.45, 2.75) is 0 Å². The molecule has 0 unspecified atom stereocenters. The lowest BCUT2D eigenvalue weighted by molar-refractivity contribution is 0.725. The summed E-state index contributed by atoms with van der Waals surface area (Å²) in [6.45, 7) is 0. The molecule has 2 aromatic rings. The van der Waals surface area contributed by atoms with Crippen LogP contribution in [-0.4, -0.2) is 20.0 Å². The van der Waals surface area contributed by atoms with E-state index in [0.29, 0.717) is 0 Å². The Labute approximate surface area is 82.8 Å². The van der Waals surface area contributed by atoms with Gasteiger partial charge < -0.3 is 0 Å². The molecule has 0 radical (unpaired) electrons. The van der Waals surface area contributed by atoms with Gasteiger partial charge in [-0.25, -0.2) is 4.98 Å². The first-order valence-electron chi connectivity index (χ1n) is 3.35. The second kappa shape index (κ2) is 3.18. The minimum atomic E-state index is 0.767. The van der Waals surface area contributed by atoms with Crippen LogP contribution in [0.4, 0.5) is 0 Å². The fourth-order valence-corrected chi connectivity index (χ4v) is 1.41. The largest absolute Gasteiger partial charge is 0.235 e. The summed E-state index contributed by atoms with van der Waals surface area (Å²) in [7, 11) is 0. The number of rotatable bonds is 1. The molecular formula is C7H5IN4. The summed E-state index contributed by atoms with van der Waals surface area (Å²) in [5.41, 5.74) is 0. The Morgan fingerprint density at radius 1 is 1.17 bits per heavy atom. The predicted molar refractivity (Wildman–Crippen MR) is 51.9 cm³/mol. The van der Waals surface area contributed by atoms with E-state index in [1.54, 1.807) is 18.6 Å². The lowest BCUT2D eigenvalue weighted by Gasteiger charge is -1.99. The van der Waals surface area contributed by atoms with Crippen LogP contribution in [0.3, 0.4) is 0 Å². The molecule has 0 N–H and O–H groups in total. The third-order valence-electron chi connectivity index (χ3n) is 1.35. The van der Waals surface area contributed by atoms with Crippen LogP contribution < -0.4 is 0 Å². The monoisotopic (exact) mass is 272 g/mol. The SMILES string of the molecule is Ic1cccnc1-n1nccn1. The van der Waals surface area contributed by atoms with Crippen molar-refractivity contribution < 1.29 is 0 Å². The predicted octanol–water partition coefficient (Wildman–Crippen LogP) is 1.27. The van der Waals surface area contributed by atoms with E-state index in [9.17, 15) is 0 Å². The van der Waals surface area contributed by atoms with Gasteiger partial charge in [-0.05, 0) is 34.7 Å². The average molecular weight is 272 g/mol. The van der Waals surface area contributed by atoms with Crippen LogP contribution in [0.15, 0.2) is 30.7 Å². The zero-order chi connectivity index (χ0) is 8.39. The average Bonchev–Trinajstić information content (AvgIpc) is 2.57. The molecule has 0 amide bonds. The topological polar surface area (TPSA) is 43.6 Å². The van der Waals surface area contributed by atoms with Crippen molar-refractivity contribution in [3.63, 3.8) is 0 Å². The van der Waals surface area contributed by atoms with Crippen molar-refractivity contribution in [3.8, 4) is 5.82 Å². The van der Waals surface area contributed by atoms with Crippen LogP contribution in [0, 0.1) is 3.57 Å². The molecule has 0 aromatic carbocycles. The van der Waals surface area contributed by atoms with Crippen LogP contribution in [0.5, 0.6) is 0 Å². The van der Waals surface area contributed by atoms with Crippen LogP contribution in [0.2, 0.25) is 0 Å². The van der Waals surface area contributed by atoms with Gasteiger partial charge in [0.05, 0.1) is 16.0 Å². The zero-order valence-electron chi connectivity index (χ0n) is 6.05. The van der Waals surface area contributed by atoms with E-state index < -0.39 is 0 Å². The molecule has 0 bridgehead atoms. The van der Waals surface area contributed by atoms with Crippen molar-refractivity contribution in [3.05, 3.63) is 34.3 Å². The molecule has 2 aromatic heterocycles. The molecule has 0 saturated heterocycles. The maximum atomic E-state index is 4.15. The maximum absolute atomic E-state index is 4.15. The second-order valence-electron chi connectivity index (χ2n) is 2.13. The van der Waals surface area contributed by atoms with Gasteiger partial charge in [-0.1, -0.05) is 0 Å². The first-order chi connectivity index (χ1) is 5.88. The Morgan fingerprint density at radius 2 is 1.92 bits per heavy atom. The van der Waals surface area contributed by atoms with E-state index in [-0.39, 0.29) is 0 Å². The van der Waals surface area contributed by atoms with E-state index in [2.05, 4.69) is 37.8 Å². The van der Waals surface area contributed by atoms with Gasteiger partial charge >= 0.3 is 0 Å². The maximum Gasteiger partial charge on any atom is 0.187 e. The van der Waals surface area contributed by atoms with E-state index in [4.69, 9.17) is 0 Å². The highest BCUT2D eigenvalue weighted by molar-refractivity contribution is 14.1. The molecular weight excluding hydrogens is 267 g/mol. The highest BCUT2D eigenvalue weighted by Gasteiger charge is 2.02. The van der Waals surface area contributed by atoms with E-state index >= 15 is 0 Å². The van der Waals surface area contributed by atoms with Crippen molar-refractivity contribution in [1.82, 2.24) is 20.0 Å². The fourth-order valence-electron chi connectivity index (χ4n) is 0.850. The fraction of sp³-hybridized carbons (Fsp3) is 0. The highest BCUT2D eigenvalue weighted by atomic mass is 127. The quantitative estimate of drug-likeness (QED) is 0.734. The van der Waals surface area contributed by atoms with Crippen molar-refractivity contribution in [1.29, 1.82) is 0 Å². The first kappa shape index (κ1) is 7.66. The third kappa shape index (κ3) is 1.31. The number of hydrogen-bond acceptors (Lipinski definition) is 3. The molecule has 0 fully saturated rings. The summed E-state index contributed by atoms with van der Waals surface area (Å²) in [4.78, 5) is 5.65. The van der Waals surface area contributed by atoms with Gasteiger partial charge in [0.2, 0.25) is 0 Å². The lowest BCUT2D eigenvalue weighted by atomic mass is 10.5. The summed E-state index contributed by atoms with van der Waals surface area (Å²) >= 11 is 2.20. The Balaban J connectivity index is 2.55. The summed E-state index contributed by atoms with van der Waals surface area (Å²) in [6.07, 6.45) is 4.98. The lowest BCUT2D eigenvalue weighted by Crippen LogP contribution is -2.03. The van der Waals surface area contributed by atoms with Gasteiger partial charge in [-0.15, -0.1) is 4.80 Å². The highest BCUT2D eigenvalue weighted by Crippen LogP contribution is 2.10. The molecule has 4 nitrogen and oxygen atoms in total. The van der Waals surface area contributed by atoms with Gasteiger partial charge in [0.25, 0.3) is 0 Å². The summed E-state index contributed by atoms with van der Waals surface area (Å²) in [5, 5.41) is 7.97. The number of aromatic nitrogens is 4. The number of pyridine rings is 1. The van der Waals surface area contributed by atoms with Crippen molar-refractivity contribution in [2.75, 3.05) is 0 Å². The van der Waals surface area contributed by atoms with Gasteiger partial charge in [0, 0.05) is 6.20 Å². The molecule has 0 aliphatic carbocycles. The Bertz CT molecular complexity index is 371. The van der Waals surface area contributed by atoms with Crippen LogP contribution in [0.25, 0.3) is 5.82 Å². The number of hydrogen-bond donors (Lipinski definition) is 0. The van der Waals surface area contributed by atoms with E-state index in [0.717, 1.165) is 9.39 Å². The van der Waals surface area contributed by atoms with Crippen LogP contribution in [0.1, 0.15) is 0 Å². The molecule has 0 saturated carbocycles. The molecule has 60 valence electrons. The van der Waals surface area contributed by atoms with E-state index in [1.807, 2.05) is 12.1 Å². The Morgan fingerprint density at radius 3 is 2.58 bits per heavy atom. The van der Waals surface area contributed by atoms with Crippen molar-refractivity contribution in [2.24, 2.45) is 0 Å². The van der Waals surface area contributed by atoms with E-state index in [1.165, 1.54) is 4.80 Å². The third-order valence-corrected chi connectivity index (χ3v) is 2.19. The molecule has 2 rings (SSSR count). The Hall–Kier alpha value is -0.980. The van der Waals surface area contributed by atoms with Gasteiger partial charge in [-0.3, -0.25) is 0 Å². The molecule has 0 atom stereocenters. The molecule has 12 heavy (non-hydrogen) atoms. The molecule has 0 aliphatic heterocycles. The summed E-state index contributed by atoms with van der Waals surface area (Å²) in [6, 6.07) is 3.85. The molecule has 0 aliphatic rings. The molecule has 5 heteroatoms. The van der Waals surface area contributed by atoms with Gasteiger partial charge in [-0.2, -0.15) is 10.2 Å². The molecule has 2 heterocycles. The Kier molecular flexibility index (Phi) is 2.03. The normalized spacial score (nSPS) is 10.1. The second-order valence-corrected chi connectivity index (χ2v) is 3.29. The van der Waals surface area contributed by atoms with Gasteiger partial charge in [0.15, 0.2) is 5.82 Å². The summed E-state index contributed by atoms with van der Waals surface area (Å²) in [5.74, 6) is 0.767. The summed E-state index contributed by atoms with van der Waals surface area (Å²) < 4.78 is 1.03. The van der Waals surface area contributed by atoms with Gasteiger partial charge in [0.1, 0.15) is 0 Å². The standard InChI is InChI=1S/C7H5IN4/c8-6-2-1-3-9-7(6)12-10-4-5-11-12/h1-5H. The first-order valence-corrected chi connectivity index (χ1v) is 4.43. The smallest absolute Gasteiger partial charge is 0.187 e. The minimum absolute atomic E-state index is 0.767. The number of halogens is 1. The van der Waals surface area contributed by atoms with Crippen molar-refractivity contribution >= 4 is 22.6 Å². The van der Waals surface area contributed by atoms with Crippen LogP contribution >= 0.6 is 22.6 Å². The molecule has 0 spiro atoms. The minimum Gasteiger partial charge on any atom is -0.235 e. The van der Waals surface area contributed by atoms with Crippen LogP contribution in [-0.2, 0) is 0 Å². The zero-order valence-corrected chi connectivity index (χ0v) is 8.21. The number of nitrogens with zero attached hydrogens (tertiary/aromatic N) is 4.